The lowest BCUT2D eigenvalue weighted by molar-refractivity contribution is -0.139. The van der Waals surface area contributed by atoms with Crippen LogP contribution < -0.4 is 4.74 Å². The Morgan fingerprint density at radius 2 is 1.96 bits per heavy atom. The first-order valence-corrected chi connectivity index (χ1v) is 9.97. The topological polar surface area (TPSA) is 42.0 Å². The van der Waals surface area contributed by atoms with E-state index in [-0.39, 0.29) is 5.91 Å². The molecule has 1 aliphatic carbocycles. The van der Waals surface area contributed by atoms with Gasteiger partial charge in [0.05, 0.1) is 13.5 Å². The lowest BCUT2D eigenvalue weighted by Gasteiger charge is -2.49. The average Bonchev–Trinajstić information content (AvgIpc) is 3.44. The van der Waals surface area contributed by atoms with E-state index >= 15 is 0 Å². The van der Waals surface area contributed by atoms with Crippen LogP contribution in [0.15, 0.2) is 24.3 Å². The van der Waals surface area contributed by atoms with Crippen molar-refractivity contribution in [3.8, 4) is 5.75 Å². The van der Waals surface area contributed by atoms with E-state index in [0.29, 0.717) is 18.5 Å². The van der Waals surface area contributed by atoms with Crippen LogP contribution in [0, 0.1) is 5.92 Å². The lowest BCUT2D eigenvalue weighted by Crippen LogP contribution is -2.64. The van der Waals surface area contributed by atoms with E-state index in [4.69, 9.17) is 9.47 Å². The summed E-state index contributed by atoms with van der Waals surface area (Å²) >= 11 is 0. The summed E-state index contributed by atoms with van der Waals surface area (Å²) in [5.74, 6) is 1.93. The lowest BCUT2D eigenvalue weighted by atomic mass is 9.98. The molecule has 4 rings (SSSR count). The smallest absolute Gasteiger partial charge is 0.227 e. The van der Waals surface area contributed by atoms with Crippen LogP contribution in [0.1, 0.15) is 31.2 Å². The number of likely N-dealkylation sites (tertiary alicyclic amines) is 1. The predicted molar refractivity (Wildman–Crippen MR) is 100 cm³/mol. The molecule has 2 heterocycles. The fourth-order valence-electron chi connectivity index (χ4n) is 4.15. The van der Waals surface area contributed by atoms with E-state index in [0.717, 1.165) is 56.4 Å². The van der Waals surface area contributed by atoms with Crippen molar-refractivity contribution in [2.24, 2.45) is 5.92 Å². The third kappa shape index (κ3) is 4.21. The normalized spacial score (nSPS) is 21.7. The Morgan fingerprint density at radius 1 is 1.19 bits per heavy atom. The maximum absolute atomic E-state index is 12.6. The van der Waals surface area contributed by atoms with Crippen LogP contribution in [0.2, 0.25) is 0 Å². The maximum Gasteiger partial charge on any atom is 0.227 e. The number of carbonyl (C=O) groups is 1. The quantitative estimate of drug-likeness (QED) is 0.750. The van der Waals surface area contributed by atoms with Crippen molar-refractivity contribution in [3.63, 3.8) is 0 Å². The average molecular weight is 358 g/mol. The van der Waals surface area contributed by atoms with Gasteiger partial charge in [0.15, 0.2) is 0 Å². The molecular weight excluding hydrogens is 328 g/mol. The Bertz CT molecular complexity index is 619. The number of hydrogen-bond donors (Lipinski definition) is 0. The summed E-state index contributed by atoms with van der Waals surface area (Å²) in [5.41, 5.74) is 1.03. The second-order valence-electron chi connectivity index (χ2n) is 7.96. The maximum atomic E-state index is 12.6. The molecule has 5 heteroatoms. The number of rotatable bonds is 7. The highest BCUT2D eigenvalue weighted by molar-refractivity contribution is 5.79. The van der Waals surface area contributed by atoms with E-state index in [1.807, 2.05) is 29.2 Å². The van der Waals surface area contributed by atoms with Gasteiger partial charge in [-0.3, -0.25) is 9.69 Å². The van der Waals surface area contributed by atoms with Crippen LogP contribution in [0.3, 0.4) is 0 Å². The molecule has 1 aromatic carbocycles. The molecule has 0 N–H and O–H groups in total. The van der Waals surface area contributed by atoms with Gasteiger partial charge in [-0.15, -0.1) is 0 Å². The van der Waals surface area contributed by atoms with Gasteiger partial charge in [-0.2, -0.15) is 0 Å². The molecule has 3 fully saturated rings. The SMILES string of the molecule is COc1cccc(CC(=O)N2CC(N(CC3CC3)C3CCOCC3)C2)c1. The van der Waals surface area contributed by atoms with E-state index in [1.165, 1.54) is 19.4 Å². The van der Waals surface area contributed by atoms with Crippen LogP contribution in [-0.2, 0) is 16.0 Å². The second-order valence-corrected chi connectivity index (χ2v) is 7.96. The van der Waals surface area contributed by atoms with Crippen molar-refractivity contribution in [3.05, 3.63) is 29.8 Å². The first-order valence-electron chi connectivity index (χ1n) is 9.97. The molecule has 0 aromatic heterocycles. The number of methoxy groups -OCH3 is 1. The van der Waals surface area contributed by atoms with E-state index in [2.05, 4.69) is 4.90 Å². The molecule has 0 spiro atoms. The van der Waals surface area contributed by atoms with Crippen molar-refractivity contribution < 1.29 is 14.3 Å². The molecular formula is C21H30N2O3. The van der Waals surface area contributed by atoms with E-state index < -0.39 is 0 Å². The molecule has 2 aliphatic heterocycles. The molecule has 1 aromatic rings. The van der Waals surface area contributed by atoms with Crippen LogP contribution in [0.25, 0.3) is 0 Å². The zero-order valence-corrected chi connectivity index (χ0v) is 15.7. The predicted octanol–water partition coefficient (Wildman–Crippen LogP) is 2.34. The van der Waals surface area contributed by atoms with Crippen molar-refractivity contribution >= 4 is 5.91 Å². The first-order chi connectivity index (χ1) is 12.7. The van der Waals surface area contributed by atoms with Crippen LogP contribution in [-0.4, -0.2) is 67.7 Å². The number of hydrogen-bond acceptors (Lipinski definition) is 4. The van der Waals surface area contributed by atoms with Gasteiger partial charge >= 0.3 is 0 Å². The van der Waals surface area contributed by atoms with Gasteiger partial charge in [-0.25, -0.2) is 0 Å². The molecule has 0 radical (unpaired) electrons. The Kier molecular flexibility index (Phi) is 5.46. The van der Waals surface area contributed by atoms with E-state index in [9.17, 15) is 4.79 Å². The van der Waals surface area contributed by atoms with Gasteiger partial charge in [0, 0.05) is 44.9 Å². The molecule has 0 atom stereocenters. The number of carbonyl (C=O) groups excluding carboxylic acids is 1. The molecule has 5 nitrogen and oxygen atoms in total. The van der Waals surface area contributed by atoms with Gasteiger partial charge in [-0.05, 0) is 49.3 Å². The summed E-state index contributed by atoms with van der Waals surface area (Å²) in [5, 5.41) is 0. The molecule has 26 heavy (non-hydrogen) atoms. The summed E-state index contributed by atoms with van der Waals surface area (Å²) in [7, 11) is 1.66. The monoisotopic (exact) mass is 358 g/mol. The number of benzene rings is 1. The minimum absolute atomic E-state index is 0.229. The van der Waals surface area contributed by atoms with Gasteiger partial charge in [-0.1, -0.05) is 12.1 Å². The van der Waals surface area contributed by atoms with Gasteiger partial charge in [0.1, 0.15) is 5.75 Å². The highest BCUT2D eigenvalue weighted by Gasteiger charge is 2.40. The fraction of sp³-hybridized carbons (Fsp3) is 0.667. The molecule has 142 valence electrons. The summed E-state index contributed by atoms with van der Waals surface area (Å²) in [4.78, 5) is 17.3. The number of nitrogens with zero attached hydrogens (tertiary/aromatic N) is 2. The van der Waals surface area contributed by atoms with Crippen molar-refractivity contribution in [1.82, 2.24) is 9.80 Å². The Morgan fingerprint density at radius 3 is 2.65 bits per heavy atom. The third-order valence-electron chi connectivity index (χ3n) is 6.00. The molecule has 3 aliphatic rings. The van der Waals surface area contributed by atoms with Crippen molar-refractivity contribution in [1.29, 1.82) is 0 Å². The van der Waals surface area contributed by atoms with Crippen molar-refractivity contribution in [2.75, 3.05) is 40.0 Å². The highest BCUT2D eigenvalue weighted by Crippen LogP contribution is 2.34. The van der Waals surface area contributed by atoms with E-state index in [1.54, 1.807) is 7.11 Å². The fourth-order valence-corrected chi connectivity index (χ4v) is 4.15. The number of amides is 1. The van der Waals surface area contributed by atoms with Crippen LogP contribution in [0.5, 0.6) is 5.75 Å². The zero-order valence-electron chi connectivity index (χ0n) is 15.7. The Balaban J connectivity index is 1.31. The summed E-state index contributed by atoms with van der Waals surface area (Å²) < 4.78 is 10.8. The van der Waals surface area contributed by atoms with Gasteiger partial charge < -0.3 is 14.4 Å². The van der Waals surface area contributed by atoms with Gasteiger partial charge in [0.2, 0.25) is 5.91 Å². The summed E-state index contributed by atoms with van der Waals surface area (Å²) in [6.45, 7) is 4.75. The molecule has 1 amide bonds. The Hall–Kier alpha value is -1.59. The Labute approximate surface area is 156 Å². The summed E-state index contributed by atoms with van der Waals surface area (Å²) in [6.07, 6.45) is 5.50. The molecule has 0 bridgehead atoms. The molecule has 1 saturated carbocycles. The second kappa shape index (κ2) is 7.97. The van der Waals surface area contributed by atoms with Crippen LogP contribution in [0.4, 0.5) is 0 Å². The highest BCUT2D eigenvalue weighted by atomic mass is 16.5. The minimum Gasteiger partial charge on any atom is -0.497 e. The molecule has 0 unspecified atom stereocenters. The standard InChI is InChI=1S/C21H30N2O3/c1-25-20-4-2-3-17(11-20)12-21(24)22-14-19(15-22)23(13-16-5-6-16)18-7-9-26-10-8-18/h2-4,11,16,18-19H,5-10,12-15H2,1H3. The largest absolute Gasteiger partial charge is 0.497 e. The third-order valence-corrected chi connectivity index (χ3v) is 6.00. The summed E-state index contributed by atoms with van der Waals surface area (Å²) in [6, 6.07) is 8.99. The minimum atomic E-state index is 0.229. The van der Waals surface area contributed by atoms with Crippen LogP contribution >= 0.6 is 0 Å². The zero-order chi connectivity index (χ0) is 17.9. The van der Waals surface area contributed by atoms with Crippen molar-refractivity contribution in [2.45, 2.75) is 44.2 Å². The molecule has 2 saturated heterocycles. The first kappa shape index (κ1) is 17.8. The number of ether oxygens (including phenoxy) is 2. The van der Waals surface area contributed by atoms with Gasteiger partial charge in [0.25, 0.3) is 0 Å².